The fourth-order valence-electron chi connectivity index (χ4n) is 2.08. The van der Waals surface area contributed by atoms with E-state index in [1.165, 1.54) is 13.2 Å². The van der Waals surface area contributed by atoms with Crippen LogP contribution in [0.4, 0.5) is 11.4 Å². The Balaban J connectivity index is 2.08. The summed E-state index contributed by atoms with van der Waals surface area (Å²) in [7, 11) is 1.27. The average molecular weight is 326 g/mol. The van der Waals surface area contributed by atoms with Crippen molar-refractivity contribution in [1.29, 1.82) is 0 Å². The summed E-state index contributed by atoms with van der Waals surface area (Å²) in [6, 6.07) is 11.7. The highest BCUT2D eigenvalue weighted by atomic mass is 16.5. The number of ether oxygens (including phenoxy) is 1. The molecule has 0 fully saturated rings. The van der Waals surface area contributed by atoms with Crippen LogP contribution in [-0.2, 0) is 14.3 Å². The van der Waals surface area contributed by atoms with Gasteiger partial charge in [0.05, 0.1) is 12.7 Å². The van der Waals surface area contributed by atoms with E-state index in [0.29, 0.717) is 11.4 Å². The number of benzene rings is 2. The summed E-state index contributed by atoms with van der Waals surface area (Å²) in [5.74, 6) is -2.13. The molecule has 124 valence electrons. The molecule has 2 aromatic rings. The Kier molecular flexibility index (Phi) is 5.31. The molecule has 0 saturated carbocycles. The number of methoxy groups -OCH3 is 1. The highest BCUT2D eigenvalue weighted by Gasteiger charge is 2.16. The quantitative estimate of drug-likeness (QED) is 0.671. The molecule has 0 bridgehead atoms. The third-order valence-electron chi connectivity index (χ3n) is 3.39. The predicted octanol–water partition coefficient (Wildman–Crippen LogP) is 2.67. The van der Waals surface area contributed by atoms with Crippen molar-refractivity contribution in [3.05, 3.63) is 59.2 Å². The maximum Gasteiger partial charge on any atom is 0.337 e. The van der Waals surface area contributed by atoms with E-state index in [0.717, 1.165) is 11.1 Å². The molecule has 6 nitrogen and oxygen atoms in total. The van der Waals surface area contributed by atoms with Crippen molar-refractivity contribution < 1.29 is 19.1 Å². The van der Waals surface area contributed by atoms with Crippen molar-refractivity contribution >= 4 is 29.2 Å². The van der Waals surface area contributed by atoms with Crippen LogP contribution in [-0.4, -0.2) is 24.9 Å². The van der Waals surface area contributed by atoms with Gasteiger partial charge in [0.1, 0.15) is 0 Å². The van der Waals surface area contributed by atoms with Gasteiger partial charge in [-0.3, -0.25) is 9.59 Å². The van der Waals surface area contributed by atoms with Gasteiger partial charge in [-0.15, -0.1) is 0 Å². The molecular formula is C18H18N2O4. The van der Waals surface area contributed by atoms with Crippen molar-refractivity contribution in [2.24, 2.45) is 0 Å². The van der Waals surface area contributed by atoms with E-state index in [1.807, 2.05) is 26.0 Å². The van der Waals surface area contributed by atoms with Crippen molar-refractivity contribution in [3.63, 3.8) is 0 Å². The van der Waals surface area contributed by atoms with E-state index < -0.39 is 17.8 Å². The number of hydrogen-bond acceptors (Lipinski definition) is 4. The number of aryl methyl sites for hydroxylation is 2. The van der Waals surface area contributed by atoms with Gasteiger partial charge in [-0.2, -0.15) is 0 Å². The maximum atomic E-state index is 12.0. The van der Waals surface area contributed by atoms with Crippen molar-refractivity contribution in [2.45, 2.75) is 13.8 Å². The summed E-state index contributed by atoms with van der Waals surface area (Å²) in [6.07, 6.45) is 0. The number of carbonyl (C=O) groups excluding carboxylic acids is 3. The van der Waals surface area contributed by atoms with E-state index in [-0.39, 0.29) is 5.56 Å². The van der Waals surface area contributed by atoms with Crippen molar-refractivity contribution in [3.8, 4) is 0 Å². The van der Waals surface area contributed by atoms with E-state index in [9.17, 15) is 14.4 Å². The Morgan fingerprint density at radius 3 is 2.33 bits per heavy atom. The van der Waals surface area contributed by atoms with Gasteiger partial charge in [-0.25, -0.2) is 4.79 Å². The first-order valence-electron chi connectivity index (χ1n) is 7.28. The molecule has 0 aliphatic carbocycles. The summed E-state index contributed by atoms with van der Waals surface area (Å²) in [5.41, 5.74) is 3.03. The Bertz CT molecular complexity index is 799. The molecule has 0 radical (unpaired) electrons. The fraction of sp³-hybridized carbons (Fsp3) is 0.167. The zero-order chi connectivity index (χ0) is 17.7. The van der Waals surface area contributed by atoms with Gasteiger partial charge in [0.25, 0.3) is 0 Å². The monoisotopic (exact) mass is 326 g/mol. The van der Waals surface area contributed by atoms with Gasteiger partial charge in [0.2, 0.25) is 0 Å². The van der Waals surface area contributed by atoms with Gasteiger partial charge >= 0.3 is 17.8 Å². The van der Waals surface area contributed by atoms with Gasteiger partial charge in [-0.05, 0) is 49.2 Å². The van der Waals surface area contributed by atoms with E-state index in [4.69, 9.17) is 0 Å². The standard InChI is InChI=1S/C18H18N2O4/c1-11-7-8-12(2)15(9-11)20-17(22)16(21)19-14-6-4-5-13(10-14)18(23)24-3/h4-10H,1-3H3,(H,19,21)(H,20,22). The molecule has 2 amide bonds. The summed E-state index contributed by atoms with van der Waals surface area (Å²) < 4.78 is 4.62. The maximum absolute atomic E-state index is 12.0. The van der Waals surface area contributed by atoms with Crippen LogP contribution in [0.5, 0.6) is 0 Å². The fourth-order valence-corrected chi connectivity index (χ4v) is 2.08. The Hall–Kier alpha value is -3.15. The summed E-state index contributed by atoms with van der Waals surface area (Å²) in [4.78, 5) is 35.5. The third-order valence-corrected chi connectivity index (χ3v) is 3.39. The summed E-state index contributed by atoms with van der Waals surface area (Å²) in [6.45, 7) is 3.74. The zero-order valence-electron chi connectivity index (χ0n) is 13.7. The molecule has 2 aromatic carbocycles. The smallest absolute Gasteiger partial charge is 0.337 e. The van der Waals surface area contributed by atoms with Crippen LogP contribution in [0.3, 0.4) is 0 Å². The second-order valence-corrected chi connectivity index (χ2v) is 5.30. The molecule has 0 unspecified atom stereocenters. The first-order chi connectivity index (χ1) is 11.4. The number of hydrogen-bond donors (Lipinski definition) is 2. The average Bonchev–Trinajstić information content (AvgIpc) is 2.57. The highest BCUT2D eigenvalue weighted by Crippen LogP contribution is 2.17. The van der Waals surface area contributed by atoms with Crippen molar-refractivity contribution in [1.82, 2.24) is 0 Å². The van der Waals surface area contributed by atoms with Crippen molar-refractivity contribution in [2.75, 3.05) is 17.7 Å². The number of esters is 1. The van der Waals surface area contributed by atoms with E-state index in [1.54, 1.807) is 24.3 Å². The van der Waals surface area contributed by atoms with E-state index >= 15 is 0 Å². The normalized spacial score (nSPS) is 9.96. The van der Waals surface area contributed by atoms with Gasteiger partial charge in [-0.1, -0.05) is 18.2 Å². The minimum atomic E-state index is -0.821. The molecule has 0 aliphatic rings. The number of nitrogens with one attached hydrogen (secondary N) is 2. The minimum Gasteiger partial charge on any atom is -0.465 e. The molecule has 0 spiro atoms. The van der Waals surface area contributed by atoms with Crippen LogP contribution in [0, 0.1) is 13.8 Å². The lowest BCUT2D eigenvalue weighted by molar-refractivity contribution is -0.133. The largest absolute Gasteiger partial charge is 0.465 e. The number of rotatable bonds is 3. The molecule has 0 saturated heterocycles. The number of amides is 2. The van der Waals surface area contributed by atoms with Crippen LogP contribution >= 0.6 is 0 Å². The summed E-state index contributed by atoms with van der Waals surface area (Å²) >= 11 is 0. The van der Waals surface area contributed by atoms with Crippen LogP contribution in [0.15, 0.2) is 42.5 Å². The van der Waals surface area contributed by atoms with E-state index in [2.05, 4.69) is 15.4 Å². The summed E-state index contributed by atoms with van der Waals surface area (Å²) in [5, 5.41) is 5.03. The minimum absolute atomic E-state index is 0.283. The molecular weight excluding hydrogens is 308 g/mol. The Labute approximate surface area is 139 Å². The molecule has 2 N–H and O–H groups in total. The molecule has 0 atom stereocenters. The lowest BCUT2D eigenvalue weighted by Crippen LogP contribution is -2.29. The molecule has 2 rings (SSSR count). The molecule has 6 heteroatoms. The molecule has 24 heavy (non-hydrogen) atoms. The first kappa shape index (κ1) is 17.2. The van der Waals surface area contributed by atoms with Gasteiger partial charge in [0.15, 0.2) is 0 Å². The van der Waals surface area contributed by atoms with Crippen LogP contribution in [0.1, 0.15) is 21.5 Å². The molecule has 0 aliphatic heterocycles. The molecule has 0 heterocycles. The molecule has 0 aromatic heterocycles. The number of anilines is 2. The second-order valence-electron chi connectivity index (χ2n) is 5.30. The van der Waals surface area contributed by atoms with Gasteiger partial charge in [0, 0.05) is 11.4 Å². The highest BCUT2D eigenvalue weighted by molar-refractivity contribution is 6.43. The van der Waals surface area contributed by atoms with Crippen LogP contribution < -0.4 is 10.6 Å². The lowest BCUT2D eigenvalue weighted by Gasteiger charge is -2.10. The van der Waals surface area contributed by atoms with Gasteiger partial charge < -0.3 is 15.4 Å². The zero-order valence-corrected chi connectivity index (χ0v) is 13.7. The number of carbonyl (C=O) groups is 3. The van der Waals surface area contributed by atoms with Crippen LogP contribution in [0.2, 0.25) is 0 Å². The predicted molar refractivity (Wildman–Crippen MR) is 91.0 cm³/mol. The SMILES string of the molecule is COC(=O)c1cccc(NC(=O)C(=O)Nc2cc(C)ccc2C)c1. The lowest BCUT2D eigenvalue weighted by atomic mass is 10.1. The Morgan fingerprint density at radius 1 is 0.917 bits per heavy atom. The second kappa shape index (κ2) is 7.41. The Morgan fingerprint density at radius 2 is 1.62 bits per heavy atom. The van der Waals surface area contributed by atoms with Crippen LogP contribution in [0.25, 0.3) is 0 Å². The first-order valence-corrected chi connectivity index (χ1v) is 7.28. The third kappa shape index (κ3) is 4.19. The topological polar surface area (TPSA) is 84.5 Å².